The maximum atomic E-state index is 12.7. The van der Waals surface area contributed by atoms with E-state index in [1.165, 1.54) is 23.5 Å². The number of aryl methyl sites for hydroxylation is 1. The van der Waals surface area contributed by atoms with E-state index in [0.29, 0.717) is 24.7 Å². The summed E-state index contributed by atoms with van der Waals surface area (Å²) in [6, 6.07) is 14.5. The predicted octanol–water partition coefficient (Wildman–Crippen LogP) is 3.76. The number of thiazole rings is 1. The summed E-state index contributed by atoms with van der Waals surface area (Å²) in [5, 5.41) is 0.878. The molecule has 0 amide bonds. The Morgan fingerprint density at radius 2 is 1.82 bits per heavy atom. The number of nitrogens with one attached hydrogen (secondary N) is 1. The normalized spacial score (nSPS) is 13.9. The van der Waals surface area contributed by atoms with Gasteiger partial charge in [-0.05, 0) is 19.1 Å². The molecule has 0 atom stereocenters. The van der Waals surface area contributed by atoms with Crippen molar-refractivity contribution in [3.8, 4) is 22.1 Å². The molecule has 146 valence electrons. The van der Waals surface area contributed by atoms with Gasteiger partial charge in [0, 0.05) is 29.5 Å². The van der Waals surface area contributed by atoms with Gasteiger partial charge < -0.3 is 9.47 Å². The van der Waals surface area contributed by atoms with Crippen molar-refractivity contribution < 1.29 is 17.9 Å². The van der Waals surface area contributed by atoms with Crippen molar-refractivity contribution in [2.24, 2.45) is 0 Å². The first-order valence-electron chi connectivity index (χ1n) is 8.94. The van der Waals surface area contributed by atoms with Crippen molar-refractivity contribution >= 4 is 21.4 Å². The van der Waals surface area contributed by atoms with Gasteiger partial charge in [0.05, 0.1) is 23.8 Å². The van der Waals surface area contributed by atoms with Gasteiger partial charge in [0.1, 0.15) is 5.01 Å². The number of nitrogens with zero attached hydrogens (tertiary/aromatic N) is 1. The third-order valence-corrected chi connectivity index (χ3v) is 6.97. The molecule has 8 heteroatoms. The van der Waals surface area contributed by atoms with Gasteiger partial charge in [0.2, 0.25) is 10.0 Å². The molecule has 0 saturated carbocycles. The number of sulfonamides is 1. The van der Waals surface area contributed by atoms with Crippen molar-refractivity contribution in [2.75, 3.05) is 13.2 Å². The fraction of sp³-hybridized carbons (Fsp3) is 0.250. The SMILES string of the molecule is Cc1nc(-c2ccccc2)sc1CNS(=O)(=O)c1ccc2c(c1)OCCCO2. The lowest BCUT2D eigenvalue weighted by atomic mass is 10.2. The Hall–Kier alpha value is -2.42. The Kier molecular flexibility index (Phi) is 5.34. The van der Waals surface area contributed by atoms with Gasteiger partial charge in [-0.1, -0.05) is 30.3 Å². The Morgan fingerprint density at radius 3 is 2.61 bits per heavy atom. The van der Waals surface area contributed by atoms with E-state index in [0.717, 1.165) is 27.6 Å². The van der Waals surface area contributed by atoms with Crippen LogP contribution in [0.5, 0.6) is 11.5 Å². The Labute approximate surface area is 168 Å². The number of rotatable bonds is 5. The quantitative estimate of drug-likeness (QED) is 0.685. The number of aromatic nitrogens is 1. The van der Waals surface area contributed by atoms with Gasteiger partial charge in [0.15, 0.2) is 11.5 Å². The molecular weight excluding hydrogens is 396 g/mol. The van der Waals surface area contributed by atoms with Crippen LogP contribution in [0.2, 0.25) is 0 Å². The molecule has 2 aromatic carbocycles. The lowest BCUT2D eigenvalue weighted by Crippen LogP contribution is -2.23. The molecule has 0 radical (unpaired) electrons. The molecule has 0 saturated heterocycles. The van der Waals surface area contributed by atoms with Gasteiger partial charge in [0.25, 0.3) is 0 Å². The summed E-state index contributed by atoms with van der Waals surface area (Å²) >= 11 is 1.49. The molecule has 1 aliphatic rings. The van der Waals surface area contributed by atoms with Crippen molar-refractivity contribution in [3.05, 3.63) is 59.1 Å². The van der Waals surface area contributed by atoms with Crippen molar-refractivity contribution in [3.63, 3.8) is 0 Å². The summed E-state index contributed by atoms with van der Waals surface area (Å²) in [7, 11) is -3.68. The summed E-state index contributed by atoms with van der Waals surface area (Å²) in [5.74, 6) is 1.03. The molecule has 0 unspecified atom stereocenters. The first-order chi connectivity index (χ1) is 13.5. The molecule has 1 aromatic heterocycles. The molecule has 4 rings (SSSR count). The third-order valence-electron chi connectivity index (χ3n) is 4.37. The lowest BCUT2D eigenvalue weighted by Gasteiger charge is -2.10. The van der Waals surface area contributed by atoms with E-state index in [2.05, 4.69) is 9.71 Å². The molecule has 0 aliphatic carbocycles. The van der Waals surface area contributed by atoms with Crippen molar-refractivity contribution in [2.45, 2.75) is 24.8 Å². The average molecular weight is 417 g/mol. The second kappa shape index (κ2) is 7.90. The predicted molar refractivity (Wildman–Crippen MR) is 108 cm³/mol. The minimum absolute atomic E-state index is 0.155. The number of hydrogen-bond acceptors (Lipinski definition) is 6. The van der Waals surface area contributed by atoms with Gasteiger partial charge in [-0.3, -0.25) is 0 Å². The molecular formula is C20H20N2O4S2. The van der Waals surface area contributed by atoms with Crippen LogP contribution in [0.4, 0.5) is 0 Å². The molecule has 0 bridgehead atoms. The molecule has 0 spiro atoms. The number of fused-ring (bicyclic) bond motifs is 1. The van der Waals surface area contributed by atoms with Gasteiger partial charge in [-0.15, -0.1) is 11.3 Å². The fourth-order valence-electron chi connectivity index (χ4n) is 2.85. The zero-order valence-electron chi connectivity index (χ0n) is 15.3. The summed E-state index contributed by atoms with van der Waals surface area (Å²) < 4.78 is 39.3. The van der Waals surface area contributed by atoms with Crippen LogP contribution >= 0.6 is 11.3 Å². The van der Waals surface area contributed by atoms with Gasteiger partial charge in [-0.2, -0.15) is 0 Å². The van der Waals surface area contributed by atoms with E-state index in [9.17, 15) is 8.42 Å². The molecule has 28 heavy (non-hydrogen) atoms. The second-order valence-corrected chi connectivity index (χ2v) is 9.23. The van der Waals surface area contributed by atoms with Crippen LogP contribution in [0, 0.1) is 6.92 Å². The van der Waals surface area contributed by atoms with E-state index in [1.807, 2.05) is 37.3 Å². The van der Waals surface area contributed by atoms with Crippen molar-refractivity contribution in [1.82, 2.24) is 9.71 Å². The fourth-order valence-corrected chi connectivity index (χ4v) is 4.96. The molecule has 2 heterocycles. The number of ether oxygens (including phenoxy) is 2. The molecule has 6 nitrogen and oxygen atoms in total. The monoisotopic (exact) mass is 416 g/mol. The van der Waals surface area contributed by atoms with Crippen LogP contribution < -0.4 is 14.2 Å². The van der Waals surface area contributed by atoms with E-state index in [4.69, 9.17) is 9.47 Å². The first-order valence-corrected chi connectivity index (χ1v) is 11.2. The highest BCUT2D eigenvalue weighted by Gasteiger charge is 2.20. The summed E-state index contributed by atoms with van der Waals surface area (Å²) in [6.45, 7) is 3.14. The minimum Gasteiger partial charge on any atom is -0.490 e. The van der Waals surface area contributed by atoms with E-state index in [1.54, 1.807) is 6.07 Å². The Bertz CT molecular complexity index is 1080. The maximum absolute atomic E-state index is 12.7. The van der Waals surface area contributed by atoms with Crippen LogP contribution in [0.3, 0.4) is 0 Å². The highest BCUT2D eigenvalue weighted by atomic mass is 32.2. The topological polar surface area (TPSA) is 77.5 Å². The summed E-state index contributed by atoms with van der Waals surface area (Å²) in [6.07, 6.45) is 0.767. The van der Waals surface area contributed by atoms with Crippen LogP contribution in [-0.4, -0.2) is 26.6 Å². The van der Waals surface area contributed by atoms with Crippen LogP contribution in [0.15, 0.2) is 53.4 Å². The summed E-state index contributed by atoms with van der Waals surface area (Å²) in [5.41, 5.74) is 1.85. The van der Waals surface area contributed by atoms with E-state index >= 15 is 0 Å². The highest BCUT2D eigenvalue weighted by molar-refractivity contribution is 7.89. The highest BCUT2D eigenvalue weighted by Crippen LogP contribution is 2.32. The van der Waals surface area contributed by atoms with E-state index < -0.39 is 10.0 Å². The minimum atomic E-state index is -3.68. The average Bonchev–Trinajstić information content (AvgIpc) is 2.92. The number of hydrogen-bond donors (Lipinski definition) is 1. The first kappa shape index (κ1) is 18.9. The largest absolute Gasteiger partial charge is 0.490 e. The molecule has 1 N–H and O–H groups in total. The van der Waals surface area contributed by atoms with Crippen LogP contribution in [0.1, 0.15) is 17.0 Å². The standard InChI is InChI=1S/C20H20N2O4S2/c1-14-19(27-20(22-14)15-6-3-2-4-7-15)13-21-28(23,24)16-8-9-17-18(12-16)26-11-5-10-25-17/h2-4,6-9,12,21H,5,10-11,13H2,1H3. The zero-order chi connectivity index (χ0) is 19.6. The lowest BCUT2D eigenvalue weighted by molar-refractivity contribution is 0.297. The smallest absolute Gasteiger partial charge is 0.241 e. The van der Waals surface area contributed by atoms with E-state index in [-0.39, 0.29) is 11.4 Å². The number of benzene rings is 2. The molecule has 3 aromatic rings. The van der Waals surface area contributed by atoms with Gasteiger partial charge >= 0.3 is 0 Å². The Morgan fingerprint density at radius 1 is 1.07 bits per heavy atom. The van der Waals surface area contributed by atoms with Crippen LogP contribution in [-0.2, 0) is 16.6 Å². The zero-order valence-corrected chi connectivity index (χ0v) is 17.0. The third kappa shape index (κ3) is 4.04. The molecule has 0 fully saturated rings. The molecule has 1 aliphatic heterocycles. The summed E-state index contributed by atoms with van der Waals surface area (Å²) in [4.78, 5) is 5.61. The Balaban J connectivity index is 1.52. The maximum Gasteiger partial charge on any atom is 0.241 e. The van der Waals surface area contributed by atoms with Gasteiger partial charge in [-0.25, -0.2) is 18.1 Å². The second-order valence-electron chi connectivity index (χ2n) is 6.38. The van der Waals surface area contributed by atoms with Crippen LogP contribution in [0.25, 0.3) is 10.6 Å². The van der Waals surface area contributed by atoms with Crippen molar-refractivity contribution in [1.29, 1.82) is 0 Å².